The third-order valence-corrected chi connectivity index (χ3v) is 8.34. The molecule has 2 nitrogen and oxygen atoms in total. The molecule has 5 aromatic carbocycles. The van der Waals surface area contributed by atoms with Gasteiger partial charge in [-0.15, -0.1) is 0 Å². The first kappa shape index (κ1) is 18.0. The second-order valence-electron chi connectivity index (χ2n) is 9.73. The van der Waals surface area contributed by atoms with E-state index >= 15 is 0 Å². The molecule has 0 unspecified atom stereocenters. The van der Waals surface area contributed by atoms with Crippen molar-refractivity contribution in [2.24, 2.45) is 0 Å². The van der Waals surface area contributed by atoms with E-state index in [1.165, 1.54) is 33.4 Å². The molecule has 1 radical (unpaired) electrons. The molecule has 0 amide bonds. The molecule has 2 heteroatoms. The number of rotatable bonds is 0. The van der Waals surface area contributed by atoms with Gasteiger partial charge in [-0.1, -0.05) is 91.0 Å². The molecule has 0 saturated heterocycles. The molecule has 5 aromatic rings. The minimum atomic E-state index is -0.513. The van der Waals surface area contributed by atoms with Gasteiger partial charge in [-0.05, 0) is 51.1 Å². The molecule has 35 heavy (non-hydrogen) atoms. The lowest BCUT2D eigenvalue weighted by molar-refractivity contribution is 0.103. The Morgan fingerprint density at radius 3 is 1.66 bits per heavy atom. The van der Waals surface area contributed by atoms with Gasteiger partial charge in [-0.2, -0.15) is 0 Å². The topological polar surface area (TPSA) is 26.3 Å². The zero-order valence-corrected chi connectivity index (χ0v) is 18.6. The highest BCUT2D eigenvalue weighted by Gasteiger charge is 2.56. The Bertz CT molecular complexity index is 1760. The molecule has 1 aliphatic heterocycles. The average molecular weight is 445 g/mol. The summed E-state index contributed by atoms with van der Waals surface area (Å²) in [6.07, 6.45) is 0. The van der Waals surface area contributed by atoms with Crippen LogP contribution in [0.1, 0.15) is 54.9 Å². The molecule has 0 bridgehead atoms. The van der Waals surface area contributed by atoms with Crippen molar-refractivity contribution in [2.75, 3.05) is 0 Å². The summed E-state index contributed by atoms with van der Waals surface area (Å²) >= 11 is 0. The van der Waals surface area contributed by atoms with Gasteiger partial charge in [-0.3, -0.25) is 4.79 Å². The van der Waals surface area contributed by atoms with E-state index < -0.39 is 5.41 Å². The lowest BCUT2D eigenvalue weighted by Crippen LogP contribution is -2.40. The minimum Gasteiger partial charge on any atom is -0.457 e. The molecule has 0 atom stereocenters. The van der Waals surface area contributed by atoms with E-state index in [1.807, 2.05) is 24.3 Å². The Labute approximate surface area is 202 Å². The average Bonchev–Trinajstić information content (AvgIpc) is 3.20. The molecule has 4 aliphatic rings. The highest BCUT2D eigenvalue weighted by Crippen LogP contribution is 2.65. The van der Waals surface area contributed by atoms with Crippen LogP contribution >= 0.6 is 0 Å². The van der Waals surface area contributed by atoms with Crippen molar-refractivity contribution in [3.05, 3.63) is 159 Å². The molecule has 161 valence electrons. The summed E-state index contributed by atoms with van der Waals surface area (Å²) in [7, 11) is 0. The van der Waals surface area contributed by atoms with Crippen LogP contribution in [0.15, 0.2) is 103 Å². The van der Waals surface area contributed by atoms with E-state index in [2.05, 4.69) is 78.9 Å². The van der Waals surface area contributed by atoms with Crippen LogP contribution in [0, 0.1) is 5.92 Å². The van der Waals surface area contributed by atoms with Crippen molar-refractivity contribution < 1.29 is 9.53 Å². The third-order valence-electron chi connectivity index (χ3n) is 8.34. The van der Waals surface area contributed by atoms with Crippen molar-refractivity contribution in [1.29, 1.82) is 0 Å². The van der Waals surface area contributed by atoms with Gasteiger partial charge in [-0.25, -0.2) is 0 Å². The van der Waals surface area contributed by atoms with Gasteiger partial charge in [0, 0.05) is 22.3 Å². The second-order valence-corrected chi connectivity index (χ2v) is 9.73. The zero-order chi connectivity index (χ0) is 22.9. The Balaban J connectivity index is 1.55. The number of hydrogen-bond acceptors (Lipinski definition) is 2. The van der Waals surface area contributed by atoms with Gasteiger partial charge in [0.25, 0.3) is 0 Å². The van der Waals surface area contributed by atoms with Crippen molar-refractivity contribution >= 4 is 5.78 Å². The molecule has 9 rings (SSSR count). The van der Waals surface area contributed by atoms with Crippen LogP contribution in [-0.4, -0.2) is 5.78 Å². The fourth-order valence-electron chi connectivity index (χ4n) is 7.17. The molecule has 0 N–H and O–H groups in total. The number of fused-ring (bicyclic) bond motifs is 7. The lowest BCUT2D eigenvalue weighted by Gasteiger charge is -2.47. The van der Waals surface area contributed by atoms with Gasteiger partial charge in [0.2, 0.25) is 0 Å². The maximum absolute atomic E-state index is 13.9. The van der Waals surface area contributed by atoms with Crippen LogP contribution in [-0.2, 0) is 5.41 Å². The third kappa shape index (κ3) is 1.81. The normalized spacial score (nSPS) is 16.4. The first-order valence-corrected chi connectivity index (χ1v) is 12.0. The van der Waals surface area contributed by atoms with Gasteiger partial charge in [0.15, 0.2) is 5.78 Å². The molecule has 1 spiro atoms. The molecule has 3 aliphatic carbocycles. The summed E-state index contributed by atoms with van der Waals surface area (Å²) in [5.41, 5.74) is 11.6. The zero-order valence-electron chi connectivity index (χ0n) is 18.6. The molecular weight excluding hydrogens is 428 g/mol. The monoisotopic (exact) mass is 445 g/mol. The first-order valence-electron chi connectivity index (χ1n) is 12.0. The second kappa shape index (κ2) is 5.79. The van der Waals surface area contributed by atoms with Gasteiger partial charge < -0.3 is 4.74 Å². The van der Waals surface area contributed by atoms with E-state index in [9.17, 15) is 4.79 Å². The summed E-state index contributed by atoms with van der Waals surface area (Å²) in [6, 6.07) is 36.0. The molecule has 0 saturated carbocycles. The number of carbonyl (C=O) groups is 1. The minimum absolute atomic E-state index is 0.0728. The number of ketones is 1. The van der Waals surface area contributed by atoms with Gasteiger partial charge >= 0.3 is 0 Å². The number of ether oxygens (including phenoxy) is 1. The van der Waals surface area contributed by atoms with E-state index in [-0.39, 0.29) is 5.78 Å². The van der Waals surface area contributed by atoms with Crippen molar-refractivity contribution in [1.82, 2.24) is 0 Å². The summed E-state index contributed by atoms with van der Waals surface area (Å²) in [4.78, 5) is 13.9. The fourth-order valence-corrected chi connectivity index (χ4v) is 7.17. The molecule has 1 heterocycles. The predicted molar refractivity (Wildman–Crippen MR) is 134 cm³/mol. The largest absolute Gasteiger partial charge is 0.457 e. The van der Waals surface area contributed by atoms with E-state index in [1.54, 1.807) is 0 Å². The van der Waals surface area contributed by atoms with E-state index in [0.29, 0.717) is 0 Å². The SMILES string of the molecule is O=C1c2cccc3c2[C]2c4c(cccc4C4(c5ccccc5-c5ccccc54)c4cccc1c42)O3. The lowest BCUT2D eigenvalue weighted by atomic mass is 9.55. The first-order chi connectivity index (χ1) is 17.3. The van der Waals surface area contributed by atoms with E-state index in [4.69, 9.17) is 4.74 Å². The Kier molecular flexibility index (Phi) is 2.97. The van der Waals surface area contributed by atoms with Crippen molar-refractivity contribution in [3.63, 3.8) is 0 Å². The Morgan fingerprint density at radius 2 is 0.943 bits per heavy atom. The summed E-state index contributed by atoms with van der Waals surface area (Å²) in [5.74, 6) is 2.84. The van der Waals surface area contributed by atoms with Crippen LogP contribution in [0.3, 0.4) is 0 Å². The number of benzene rings is 5. The van der Waals surface area contributed by atoms with Crippen LogP contribution in [0.2, 0.25) is 0 Å². The smallest absolute Gasteiger partial charge is 0.193 e. The van der Waals surface area contributed by atoms with Gasteiger partial charge in [0.05, 0.1) is 11.3 Å². The summed E-state index contributed by atoms with van der Waals surface area (Å²) in [5, 5.41) is 0. The quantitative estimate of drug-likeness (QED) is 0.250. The number of hydrogen-bond donors (Lipinski definition) is 0. The van der Waals surface area contributed by atoms with Crippen LogP contribution in [0.25, 0.3) is 11.1 Å². The van der Waals surface area contributed by atoms with E-state index in [0.717, 1.165) is 45.2 Å². The summed E-state index contributed by atoms with van der Waals surface area (Å²) in [6.45, 7) is 0. The molecule has 0 aromatic heterocycles. The Morgan fingerprint density at radius 1 is 0.457 bits per heavy atom. The standard InChI is InChI=1S/C33H17O2/c34-32-20-10-5-14-24-28(20)31-29-21(32)11-6-16-26(29)35-27-17-7-15-25(30(27)31)33(24)22-12-3-1-8-18(22)19-9-2-4-13-23(19)33/h1-17H. The fraction of sp³-hybridized carbons (Fsp3) is 0.0303. The number of carbonyl (C=O) groups excluding carboxylic acids is 1. The molecule has 0 fully saturated rings. The van der Waals surface area contributed by atoms with Crippen LogP contribution < -0.4 is 4.74 Å². The Hall–Kier alpha value is -4.43. The van der Waals surface area contributed by atoms with Crippen LogP contribution in [0.4, 0.5) is 0 Å². The highest BCUT2D eigenvalue weighted by atomic mass is 16.5. The maximum Gasteiger partial charge on any atom is 0.193 e. The van der Waals surface area contributed by atoms with Crippen molar-refractivity contribution in [3.8, 4) is 22.6 Å². The van der Waals surface area contributed by atoms with Crippen LogP contribution in [0.5, 0.6) is 11.5 Å². The maximum atomic E-state index is 13.9. The van der Waals surface area contributed by atoms with Crippen molar-refractivity contribution in [2.45, 2.75) is 5.41 Å². The summed E-state index contributed by atoms with van der Waals surface area (Å²) < 4.78 is 6.50. The predicted octanol–water partition coefficient (Wildman–Crippen LogP) is 7.03. The highest BCUT2D eigenvalue weighted by molar-refractivity contribution is 6.16. The van der Waals surface area contributed by atoms with Gasteiger partial charge in [0.1, 0.15) is 11.5 Å². The molecular formula is C33H17O2.